The zero-order chi connectivity index (χ0) is 12.4. The number of hydrogen-bond acceptors (Lipinski definition) is 3. The van der Waals surface area contributed by atoms with E-state index in [1.54, 1.807) is 0 Å². The van der Waals surface area contributed by atoms with Crippen LogP contribution in [0.25, 0.3) is 0 Å². The number of likely N-dealkylation sites (N-methyl/N-ethyl adjacent to an activating group) is 1. The van der Waals surface area contributed by atoms with Crippen LogP contribution in [-0.2, 0) is 0 Å². The summed E-state index contributed by atoms with van der Waals surface area (Å²) >= 11 is 0. The molecule has 1 aromatic rings. The molecule has 2 N–H and O–H groups in total. The Morgan fingerprint density at radius 1 is 1.29 bits per heavy atom. The topological polar surface area (TPSA) is 32.5 Å². The van der Waals surface area contributed by atoms with Crippen molar-refractivity contribution in [3.8, 4) is 0 Å². The fourth-order valence-electron chi connectivity index (χ4n) is 2.66. The maximum atomic E-state index is 5.90. The molecule has 1 heterocycles. The lowest BCUT2D eigenvalue weighted by molar-refractivity contribution is 0.269. The first-order valence-electron chi connectivity index (χ1n) is 6.34. The highest BCUT2D eigenvalue weighted by atomic mass is 15.3. The lowest BCUT2D eigenvalue weighted by atomic mass is 10.1. The number of piperazine rings is 1. The molecule has 1 unspecified atom stereocenters. The van der Waals surface area contributed by atoms with Crippen molar-refractivity contribution in [3.63, 3.8) is 0 Å². The SMILES string of the molecule is Cc1ccc(N2CCN(C)CC2CN)c(C)c1. The summed E-state index contributed by atoms with van der Waals surface area (Å²) in [4.78, 5) is 4.83. The molecule has 0 bridgehead atoms. The second-order valence-corrected chi connectivity index (χ2v) is 5.14. The molecule has 0 radical (unpaired) electrons. The normalized spacial score (nSPS) is 21.9. The molecule has 17 heavy (non-hydrogen) atoms. The average Bonchev–Trinajstić information content (AvgIpc) is 2.30. The van der Waals surface area contributed by atoms with Crippen molar-refractivity contribution < 1.29 is 0 Å². The minimum atomic E-state index is 0.440. The lowest BCUT2D eigenvalue weighted by Gasteiger charge is -2.41. The van der Waals surface area contributed by atoms with E-state index in [0.29, 0.717) is 6.04 Å². The van der Waals surface area contributed by atoms with Gasteiger partial charge in [0.15, 0.2) is 0 Å². The first-order chi connectivity index (χ1) is 8.11. The Balaban J connectivity index is 2.25. The van der Waals surface area contributed by atoms with Gasteiger partial charge in [-0.25, -0.2) is 0 Å². The summed E-state index contributed by atoms with van der Waals surface area (Å²) in [5.41, 5.74) is 9.93. The van der Waals surface area contributed by atoms with Gasteiger partial charge < -0.3 is 15.5 Å². The molecular formula is C14H23N3. The molecule has 1 atom stereocenters. The predicted octanol–water partition coefficient (Wildman–Crippen LogP) is 1.38. The van der Waals surface area contributed by atoms with Gasteiger partial charge in [-0.2, -0.15) is 0 Å². The highest BCUT2D eigenvalue weighted by molar-refractivity contribution is 5.55. The number of rotatable bonds is 2. The molecule has 1 saturated heterocycles. The van der Waals surface area contributed by atoms with Crippen LogP contribution in [0.2, 0.25) is 0 Å². The van der Waals surface area contributed by atoms with E-state index in [0.717, 1.165) is 26.2 Å². The van der Waals surface area contributed by atoms with E-state index in [-0.39, 0.29) is 0 Å². The van der Waals surface area contributed by atoms with Crippen molar-refractivity contribution in [1.29, 1.82) is 0 Å². The highest BCUT2D eigenvalue weighted by Gasteiger charge is 2.24. The molecule has 0 saturated carbocycles. The summed E-state index contributed by atoms with van der Waals surface area (Å²) < 4.78 is 0. The quantitative estimate of drug-likeness (QED) is 0.837. The smallest absolute Gasteiger partial charge is 0.0539 e. The monoisotopic (exact) mass is 233 g/mol. The Morgan fingerprint density at radius 2 is 2.06 bits per heavy atom. The van der Waals surface area contributed by atoms with E-state index < -0.39 is 0 Å². The van der Waals surface area contributed by atoms with E-state index in [9.17, 15) is 0 Å². The number of aryl methyl sites for hydroxylation is 2. The molecule has 0 aliphatic carbocycles. The minimum Gasteiger partial charge on any atom is -0.364 e. The summed E-state index contributed by atoms with van der Waals surface area (Å²) in [7, 11) is 2.17. The van der Waals surface area contributed by atoms with Crippen molar-refractivity contribution in [2.75, 3.05) is 38.1 Å². The van der Waals surface area contributed by atoms with Crippen LogP contribution in [0.15, 0.2) is 18.2 Å². The van der Waals surface area contributed by atoms with Crippen LogP contribution in [0, 0.1) is 13.8 Å². The fraction of sp³-hybridized carbons (Fsp3) is 0.571. The van der Waals surface area contributed by atoms with Gasteiger partial charge in [0, 0.05) is 31.9 Å². The molecular weight excluding hydrogens is 210 g/mol. The van der Waals surface area contributed by atoms with Crippen molar-refractivity contribution in [3.05, 3.63) is 29.3 Å². The first-order valence-corrected chi connectivity index (χ1v) is 6.34. The van der Waals surface area contributed by atoms with Gasteiger partial charge in [-0.1, -0.05) is 17.7 Å². The predicted molar refractivity (Wildman–Crippen MR) is 73.6 cm³/mol. The van der Waals surface area contributed by atoms with Gasteiger partial charge >= 0.3 is 0 Å². The maximum Gasteiger partial charge on any atom is 0.0539 e. The number of anilines is 1. The largest absolute Gasteiger partial charge is 0.364 e. The van der Waals surface area contributed by atoms with Gasteiger partial charge in [-0.3, -0.25) is 0 Å². The lowest BCUT2D eigenvalue weighted by Crippen LogP contribution is -2.55. The molecule has 1 fully saturated rings. The van der Waals surface area contributed by atoms with Crippen LogP contribution in [0.1, 0.15) is 11.1 Å². The van der Waals surface area contributed by atoms with E-state index in [1.807, 2.05) is 0 Å². The van der Waals surface area contributed by atoms with Crippen molar-refractivity contribution in [1.82, 2.24) is 4.90 Å². The van der Waals surface area contributed by atoms with Crippen molar-refractivity contribution >= 4 is 5.69 Å². The third-order valence-electron chi connectivity index (χ3n) is 3.62. The summed E-state index contributed by atoms with van der Waals surface area (Å²) in [6.45, 7) is 8.29. The van der Waals surface area contributed by atoms with Gasteiger partial charge in [0.1, 0.15) is 0 Å². The van der Waals surface area contributed by atoms with Crippen LogP contribution in [0.5, 0.6) is 0 Å². The average molecular weight is 233 g/mol. The van der Waals surface area contributed by atoms with Gasteiger partial charge in [0.2, 0.25) is 0 Å². The van der Waals surface area contributed by atoms with E-state index in [2.05, 4.69) is 48.9 Å². The Kier molecular flexibility index (Phi) is 3.69. The Labute approximate surface area is 104 Å². The molecule has 1 aromatic carbocycles. The van der Waals surface area contributed by atoms with Crippen LogP contribution < -0.4 is 10.6 Å². The van der Waals surface area contributed by atoms with E-state index in [4.69, 9.17) is 5.73 Å². The first kappa shape index (κ1) is 12.4. The second-order valence-electron chi connectivity index (χ2n) is 5.14. The Morgan fingerprint density at radius 3 is 2.71 bits per heavy atom. The van der Waals surface area contributed by atoms with Crippen LogP contribution in [-0.4, -0.2) is 44.2 Å². The van der Waals surface area contributed by atoms with Crippen molar-refractivity contribution in [2.45, 2.75) is 19.9 Å². The second kappa shape index (κ2) is 5.07. The maximum absolute atomic E-state index is 5.90. The number of nitrogens with zero attached hydrogens (tertiary/aromatic N) is 2. The highest BCUT2D eigenvalue weighted by Crippen LogP contribution is 2.24. The van der Waals surface area contributed by atoms with Gasteiger partial charge in [-0.15, -0.1) is 0 Å². The summed E-state index contributed by atoms with van der Waals surface area (Å²) in [6, 6.07) is 7.11. The molecule has 2 rings (SSSR count). The molecule has 0 spiro atoms. The van der Waals surface area contributed by atoms with Crippen LogP contribution in [0.4, 0.5) is 5.69 Å². The standard InChI is InChI=1S/C14H23N3/c1-11-4-5-14(12(2)8-11)17-7-6-16(3)10-13(17)9-15/h4-5,8,13H,6-7,9-10,15H2,1-3H3. The molecule has 94 valence electrons. The van der Waals surface area contributed by atoms with E-state index >= 15 is 0 Å². The third kappa shape index (κ3) is 2.61. The summed E-state index contributed by atoms with van der Waals surface area (Å²) in [5, 5.41) is 0. The zero-order valence-corrected chi connectivity index (χ0v) is 11.1. The van der Waals surface area contributed by atoms with Crippen LogP contribution in [0.3, 0.4) is 0 Å². The molecule has 1 aliphatic heterocycles. The van der Waals surface area contributed by atoms with Crippen molar-refractivity contribution in [2.24, 2.45) is 5.73 Å². The Hall–Kier alpha value is -1.06. The molecule has 0 aromatic heterocycles. The van der Waals surface area contributed by atoms with Crippen LogP contribution >= 0.6 is 0 Å². The molecule has 3 nitrogen and oxygen atoms in total. The number of nitrogens with two attached hydrogens (primary N) is 1. The molecule has 0 amide bonds. The fourth-order valence-corrected chi connectivity index (χ4v) is 2.66. The third-order valence-corrected chi connectivity index (χ3v) is 3.62. The Bertz CT molecular complexity index is 389. The molecule has 3 heteroatoms. The number of benzene rings is 1. The molecule has 1 aliphatic rings. The minimum absolute atomic E-state index is 0.440. The summed E-state index contributed by atoms with van der Waals surface area (Å²) in [5.74, 6) is 0. The number of hydrogen-bond donors (Lipinski definition) is 1. The van der Waals surface area contributed by atoms with Gasteiger partial charge in [0.25, 0.3) is 0 Å². The van der Waals surface area contributed by atoms with Gasteiger partial charge in [0.05, 0.1) is 6.04 Å². The van der Waals surface area contributed by atoms with E-state index in [1.165, 1.54) is 16.8 Å². The van der Waals surface area contributed by atoms with Gasteiger partial charge in [-0.05, 0) is 32.5 Å². The summed E-state index contributed by atoms with van der Waals surface area (Å²) in [6.07, 6.45) is 0. The zero-order valence-electron chi connectivity index (χ0n) is 11.1.